The maximum atomic E-state index is 11.8. The molecule has 0 aliphatic carbocycles. The summed E-state index contributed by atoms with van der Waals surface area (Å²) in [5.41, 5.74) is -0.779. The van der Waals surface area contributed by atoms with Gasteiger partial charge in [-0.1, -0.05) is 26.7 Å². The number of amides is 2. The number of hydrogen-bond donors (Lipinski definition) is 3. The maximum absolute atomic E-state index is 11.8. The van der Waals surface area contributed by atoms with E-state index < -0.39 is 5.60 Å². The van der Waals surface area contributed by atoms with Crippen LogP contribution in [0.15, 0.2) is 0 Å². The van der Waals surface area contributed by atoms with Gasteiger partial charge in [0.25, 0.3) is 0 Å². The number of carbonyl (C=O) groups is 1. The normalized spacial score (nSPS) is 23.4. The van der Waals surface area contributed by atoms with Gasteiger partial charge >= 0.3 is 6.03 Å². The van der Waals surface area contributed by atoms with Gasteiger partial charge in [-0.2, -0.15) is 0 Å². The van der Waals surface area contributed by atoms with Gasteiger partial charge in [0.05, 0.1) is 17.7 Å². The maximum Gasteiger partial charge on any atom is 0.315 e. The minimum absolute atomic E-state index is 0.0657. The third-order valence-corrected chi connectivity index (χ3v) is 3.70. The van der Waals surface area contributed by atoms with Crippen LogP contribution in [0.25, 0.3) is 0 Å². The summed E-state index contributed by atoms with van der Waals surface area (Å²) < 4.78 is 5.40. The fourth-order valence-corrected chi connectivity index (χ4v) is 2.62. The van der Waals surface area contributed by atoms with Crippen molar-refractivity contribution in [2.24, 2.45) is 0 Å². The van der Waals surface area contributed by atoms with Crippen molar-refractivity contribution in [2.45, 2.75) is 70.6 Å². The van der Waals surface area contributed by atoms with Gasteiger partial charge in [0.1, 0.15) is 0 Å². The van der Waals surface area contributed by atoms with E-state index in [2.05, 4.69) is 10.6 Å². The molecule has 0 saturated carbocycles. The van der Waals surface area contributed by atoms with Gasteiger partial charge in [-0.05, 0) is 26.2 Å². The Morgan fingerprint density at radius 2 is 2.00 bits per heavy atom. The minimum atomic E-state index is -0.779. The molecule has 1 aliphatic rings. The van der Waals surface area contributed by atoms with Gasteiger partial charge in [-0.15, -0.1) is 0 Å². The quantitative estimate of drug-likeness (QED) is 0.662. The van der Waals surface area contributed by atoms with Crippen molar-refractivity contribution in [1.82, 2.24) is 10.6 Å². The lowest BCUT2D eigenvalue weighted by molar-refractivity contribution is 0.0239. The largest absolute Gasteiger partial charge is 0.388 e. The molecule has 5 nitrogen and oxygen atoms in total. The number of nitrogens with one attached hydrogen (secondary N) is 2. The van der Waals surface area contributed by atoms with Crippen LogP contribution in [0.5, 0.6) is 0 Å². The highest BCUT2D eigenvalue weighted by Crippen LogP contribution is 2.18. The van der Waals surface area contributed by atoms with Gasteiger partial charge < -0.3 is 20.5 Å². The number of ether oxygens (including phenoxy) is 1. The fourth-order valence-electron chi connectivity index (χ4n) is 2.62. The average Bonchev–Trinajstić information content (AvgIpc) is 2.73. The van der Waals surface area contributed by atoms with Crippen molar-refractivity contribution in [3.63, 3.8) is 0 Å². The Labute approximate surface area is 116 Å². The monoisotopic (exact) mass is 272 g/mol. The van der Waals surface area contributed by atoms with Crippen LogP contribution in [0.4, 0.5) is 4.79 Å². The van der Waals surface area contributed by atoms with Gasteiger partial charge in [-0.3, -0.25) is 0 Å². The zero-order valence-electron chi connectivity index (χ0n) is 12.4. The predicted octanol–water partition coefficient (Wildman–Crippen LogP) is 1.79. The summed E-state index contributed by atoms with van der Waals surface area (Å²) in [7, 11) is 0. The molecule has 0 aromatic heterocycles. The van der Waals surface area contributed by atoms with Crippen LogP contribution in [0.3, 0.4) is 0 Å². The molecular formula is C14H28N2O3. The molecule has 3 N–H and O–H groups in total. The molecule has 19 heavy (non-hydrogen) atoms. The van der Waals surface area contributed by atoms with E-state index in [-0.39, 0.29) is 18.2 Å². The molecule has 1 fully saturated rings. The summed E-state index contributed by atoms with van der Waals surface area (Å²) in [5, 5.41) is 16.1. The first-order chi connectivity index (χ1) is 9.00. The van der Waals surface area contributed by atoms with E-state index in [9.17, 15) is 9.90 Å². The summed E-state index contributed by atoms with van der Waals surface area (Å²) in [4.78, 5) is 11.8. The number of hydrogen-bond acceptors (Lipinski definition) is 3. The van der Waals surface area contributed by atoms with Crippen molar-refractivity contribution in [1.29, 1.82) is 0 Å². The van der Waals surface area contributed by atoms with Gasteiger partial charge in [0.15, 0.2) is 0 Å². The molecule has 5 heteroatoms. The summed E-state index contributed by atoms with van der Waals surface area (Å²) in [5.74, 6) is 0. The van der Waals surface area contributed by atoms with Crippen LogP contribution in [0.1, 0.15) is 52.9 Å². The Morgan fingerprint density at radius 1 is 1.37 bits per heavy atom. The van der Waals surface area contributed by atoms with Gasteiger partial charge in [0, 0.05) is 13.2 Å². The van der Waals surface area contributed by atoms with Gasteiger partial charge in [-0.25, -0.2) is 4.79 Å². The highest BCUT2D eigenvalue weighted by Gasteiger charge is 2.28. The number of aliphatic hydroxyl groups is 1. The third-order valence-electron chi connectivity index (χ3n) is 3.70. The van der Waals surface area contributed by atoms with E-state index in [0.717, 1.165) is 19.3 Å². The second-order valence-corrected chi connectivity index (χ2v) is 5.52. The molecule has 1 rings (SSSR count). The molecule has 2 amide bonds. The lowest BCUT2D eigenvalue weighted by Crippen LogP contribution is -2.50. The van der Waals surface area contributed by atoms with E-state index in [4.69, 9.17) is 4.74 Å². The molecule has 0 bridgehead atoms. The molecule has 0 spiro atoms. The van der Waals surface area contributed by atoms with Crippen LogP contribution in [0.2, 0.25) is 0 Å². The molecule has 112 valence electrons. The molecule has 1 saturated heterocycles. The van der Waals surface area contributed by atoms with E-state index >= 15 is 0 Å². The molecule has 2 unspecified atom stereocenters. The molecule has 1 heterocycles. The topological polar surface area (TPSA) is 70.6 Å². The van der Waals surface area contributed by atoms with Crippen LogP contribution in [-0.4, -0.2) is 42.0 Å². The predicted molar refractivity (Wildman–Crippen MR) is 75.1 cm³/mol. The average molecular weight is 272 g/mol. The lowest BCUT2D eigenvalue weighted by atomic mass is 9.93. The van der Waals surface area contributed by atoms with E-state index in [0.29, 0.717) is 26.0 Å². The van der Waals surface area contributed by atoms with E-state index in [1.165, 1.54) is 0 Å². The SMILES string of the molecule is CCCC(O)(CCC)CNC(=O)NC1CCOC1C. The Hall–Kier alpha value is -0.810. The van der Waals surface area contributed by atoms with Crippen molar-refractivity contribution >= 4 is 6.03 Å². The number of rotatable bonds is 7. The van der Waals surface area contributed by atoms with Crippen molar-refractivity contribution in [3.8, 4) is 0 Å². The summed E-state index contributed by atoms with van der Waals surface area (Å²) in [6.45, 7) is 7.04. The van der Waals surface area contributed by atoms with Crippen molar-refractivity contribution in [3.05, 3.63) is 0 Å². The second-order valence-electron chi connectivity index (χ2n) is 5.52. The first-order valence-electron chi connectivity index (χ1n) is 7.39. The van der Waals surface area contributed by atoms with Crippen molar-refractivity contribution < 1.29 is 14.6 Å². The summed E-state index contributed by atoms with van der Waals surface area (Å²) >= 11 is 0. The van der Waals surface area contributed by atoms with E-state index in [1.807, 2.05) is 20.8 Å². The smallest absolute Gasteiger partial charge is 0.315 e. The highest BCUT2D eigenvalue weighted by molar-refractivity contribution is 5.74. The van der Waals surface area contributed by atoms with Crippen LogP contribution in [-0.2, 0) is 4.74 Å². The van der Waals surface area contributed by atoms with Crippen LogP contribution < -0.4 is 10.6 Å². The molecule has 2 atom stereocenters. The number of carbonyl (C=O) groups excluding carboxylic acids is 1. The third kappa shape index (κ3) is 5.37. The Bertz CT molecular complexity index is 278. The first kappa shape index (κ1) is 16.2. The summed E-state index contributed by atoms with van der Waals surface area (Å²) in [6, 6.07) is -0.140. The zero-order chi connectivity index (χ0) is 14.3. The molecule has 0 aromatic rings. The number of urea groups is 1. The lowest BCUT2D eigenvalue weighted by Gasteiger charge is -2.28. The molecule has 0 radical (unpaired) electrons. The first-order valence-corrected chi connectivity index (χ1v) is 7.39. The van der Waals surface area contributed by atoms with Crippen LogP contribution >= 0.6 is 0 Å². The Morgan fingerprint density at radius 3 is 2.47 bits per heavy atom. The molecule has 0 aromatic carbocycles. The highest BCUT2D eigenvalue weighted by atomic mass is 16.5. The Balaban J connectivity index is 2.34. The van der Waals surface area contributed by atoms with Gasteiger partial charge in [0.2, 0.25) is 0 Å². The second kappa shape index (κ2) is 7.70. The standard InChI is InChI=1S/C14H28N2O3/c1-4-7-14(18,8-5-2)10-15-13(17)16-12-6-9-19-11(12)3/h11-12,18H,4-10H2,1-3H3,(H2,15,16,17). The summed E-state index contributed by atoms with van der Waals surface area (Å²) in [6.07, 6.45) is 4.16. The fraction of sp³-hybridized carbons (Fsp3) is 0.929. The van der Waals surface area contributed by atoms with Crippen molar-refractivity contribution in [2.75, 3.05) is 13.2 Å². The van der Waals surface area contributed by atoms with Crippen LogP contribution in [0, 0.1) is 0 Å². The molecule has 1 aliphatic heterocycles. The zero-order valence-corrected chi connectivity index (χ0v) is 12.4. The Kier molecular flexibility index (Phi) is 6.58. The minimum Gasteiger partial charge on any atom is -0.388 e. The molecular weight excluding hydrogens is 244 g/mol. The van der Waals surface area contributed by atoms with E-state index in [1.54, 1.807) is 0 Å².